The van der Waals surface area contributed by atoms with Crippen LogP contribution in [-0.4, -0.2) is 9.97 Å². The van der Waals surface area contributed by atoms with E-state index in [0.29, 0.717) is 15.3 Å². The van der Waals surface area contributed by atoms with Crippen LogP contribution >= 0.6 is 34.2 Å². The standard InChI is InChI=1S/C9H12ClIN2O/c1-5(2)3-6-8(11)9(14)13-7(4-10)12-6/h5H,3-4H2,1-2H3,(H,12,13,14). The van der Waals surface area contributed by atoms with Gasteiger partial charge in [0.05, 0.1) is 15.1 Å². The van der Waals surface area contributed by atoms with Crippen molar-refractivity contribution in [3.05, 3.63) is 25.4 Å². The molecular formula is C9H12ClIN2O. The molecule has 0 bridgehead atoms. The zero-order valence-corrected chi connectivity index (χ0v) is 11.0. The van der Waals surface area contributed by atoms with Crippen molar-refractivity contribution in [3.8, 4) is 0 Å². The second-order valence-electron chi connectivity index (χ2n) is 3.50. The Morgan fingerprint density at radius 2 is 2.21 bits per heavy atom. The van der Waals surface area contributed by atoms with Gasteiger partial charge in [0.2, 0.25) is 0 Å². The molecule has 0 aliphatic heterocycles. The number of nitrogens with zero attached hydrogens (tertiary/aromatic N) is 1. The van der Waals surface area contributed by atoms with E-state index in [2.05, 4.69) is 23.8 Å². The Hall–Kier alpha value is -0.100. The largest absolute Gasteiger partial charge is 0.309 e. The molecule has 0 radical (unpaired) electrons. The van der Waals surface area contributed by atoms with Crippen molar-refractivity contribution in [3.63, 3.8) is 0 Å². The number of H-pyrrole nitrogens is 1. The van der Waals surface area contributed by atoms with E-state index >= 15 is 0 Å². The lowest BCUT2D eigenvalue weighted by molar-refractivity contribution is 0.627. The summed E-state index contributed by atoms with van der Waals surface area (Å²) in [6.45, 7) is 4.19. The molecule has 78 valence electrons. The molecule has 1 heterocycles. The van der Waals surface area contributed by atoms with Crippen molar-refractivity contribution < 1.29 is 0 Å². The van der Waals surface area contributed by atoms with Gasteiger partial charge in [-0.15, -0.1) is 11.6 Å². The number of hydrogen-bond donors (Lipinski definition) is 1. The second-order valence-corrected chi connectivity index (χ2v) is 4.85. The summed E-state index contributed by atoms with van der Waals surface area (Å²) in [6.07, 6.45) is 0.812. The first-order valence-corrected chi connectivity index (χ1v) is 5.99. The summed E-state index contributed by atoms with van der Waals surface area (Å²) in [5.41, 5.74) is 0.756. The fourth-order valence-corrected chi connectivity index (χ4v) is 1.74. The lowest BCUT2D eigenvalue weighted by atomic mass is 10.1. The van der Waals surface area contributed by atoms with E-state index in [1.54, 1.807) is 0 Å². The molecule has 14 heavy (non-hydrogen) atoms. The highest BCUT2D eigenvalue weighted by Crippen LogP contribution is 2.10. The Bertz CT molecular complexity index is 376. The molecule has 0 aliphatic carbocycles. The van der Waals surface area contributed by atoms with Crippen molar-refractivity contribution in [2.45, 2.75) is 26.1 Å². The minimum atomic E-state index is -0.0908. The molecule has 0 saturated heterocycles. The number of aromatic nitrogens is 2. The van der Waals surface area contributed by atoms with Crippen LogP contribution in [0.4, 0.5) is 0 Å². The molecule has 0 aromatic carbocycles. The summed E-state index contributed by atoms with van der Waals surface area (Å²) in [6, 6.07) is 0. The first-order chi connectivity index (χ1) is 6.54. The Labute approximate surface area is 101 Å². The van der Waals surface area contributed by atoms with Gasteiger partial charge >= 0.3 is 0 Å². The molecule has 5 heteroatoms. The third-order valence-electron chi connectivity index (χ3n) is 1.71. The van der Waals surface area contributed by atoms with Gasteiger partial charge in [0, 0.05) is 0 Å². The van der Waals surface area contributed by atoms with Gasteiger partial charge in [0.15, 0.2) is 0 Å². The highest BCUT2D eigenvalue weighted by Gasteiger charge is 2.09. The van der Waals surface area contributed by atoms with Gasteiger partial charge in [0.1, 0.15) is 5.82 Å². The SMILES string of the molecule is CC(C)Cc1nc(CCl)[nH]c(=O)c1I. The van der Waals surface area contributed by atoms with E-state index in [-0.39, 0.29) is 11.4 Å². The van der Waals surface area contributed by atoms with Crippen LogP contribution in [0, 0.1) is 9.49 Å². The highest BCUT2D eigenvalue weighted by atomic mass is 127. The van der Waals surface area contributed by atoms with Crippen LogP contribution in [0.3, 0.4) is 0 Å². The van der Waals surface area contributed by atoms with Crippen LogP contribution in [0.1, 0.15) is 25.4 Å². The van der Waals surface area contributed by atoms with E-state index in [1.165, 1.54) is 0 Å². The van der Waals surface area contributed by atoms with Crippen molar-refractivity contribution >= 4 is 34.2 Å². The fourth-order valence-electron chi connectivity index (χ4n) is 1.14. The van der Waals surface area contributed by atoms with Crippen LogP contribution in [0.25, 0.3) is 0 Å². The van der Waals surface area contributed by atoms with Crippen molar-refractivity contribution in [2.24, 2.45) is 5.92 Å². The van der Waals surface area contributed by atoms with Gasteiger partial charge in [-0.3, -0.25) is 4.79 Å². The maximum absolute atomic E-state index is 11.4. The van der Waals surface area contributed by atoms with E-state index in [4.69, 9.17) is 11.6 Å². The maximum atomic E-state index is 11.4. The summed E-state index contributed by atoms with van der Waals surface area (Å²) < 4.78 is 0.671. The van der Waals surface area contributed by atoms with Gasteiger partial charge < -0.3 is 4.98 Å². The highest BCUT2D eigenvalue weighted by molar-refractivity contribution is 14.1. The third-order valence-corrected chi connectivity index (χ3v) is 3.07. The predicted octanol–water partition coefficient (Wildman–Crippen LogP) is 2.31. The molecule has 0 fully saturated rings. The molecule has 3 nitrogen and oxygen atoms in total. The summed E-state index contributed by atoms with van der Waals surface area (Å²) >= 11 is 7.65. The first kappa shape index (κ1) is 12.0. The minimum Gasteiger partial charge on any atom is -0.309 e. The van der Waals surface area contributed by atoms with Crippen LogP contribution in [0.15, 0.2) is 4.79 Å². The monoisotopic (exact) mass is 326 g/mol. The predicted molar refractivity (Wildman–Crippen MR) is 65.7 cm³/mol. The Balaban J connectivity index is 3.14. The number of alkyl halides is 1. The summed E-state index contributed by atoms with van der Waals surface area (Å²) in [7, 11) is 0. The summed E-state index contributed by atoms with van der Waals surface area (Å²) in [5.74, 6) is 1.28. The molecule has 0 spiro atoms. The molecule has 0 atom stereocenters. The van der Waals surface area contributed by atoms with Crippen molar-refractivity contribution in [1.29, 1.82) is 0 Å². The third kappa shape index (κ3) is 2.95. The maximum Gasteiger partial charge on any atom is 0.264 e. The van der Waals surface area contributed by atoms with Gasteiger partial charge in [-0.1, -0.05) is 13.8 Å². The molecular weight excluding hydrogens is 314 g/mol. The minimum absolute atomic E-state index is 0.0908. The van der Waals surface area contributed by atoms with Crippen LogP contribution in [0.2, 0.25) is 0 Å². The topological polar surface area (TPSA) is 45.8 Å². The number of aromatic amines is 1. The number of halogens is 2. The molecule has 1 aromatic rings. The van der Waals surface area contributed by atoms with Gasteiger partial charge in [-0.25, -0.2) is 4.98 Å². The summed E-state index contributed by atoms with van der Waals surface area (Å²) in [4.78, 5) is 18.4. The summed E-state index contributed by atoms with van der Waals surface area (Å²) in [5, 5.41) is 0. The lowest BCUT2D eigenvalue weighted by Crippen LogP contribution is -2.18. The average Bonchev–Trinajstić information content (AvgIpc) is 2.11. The molecule has 1 rings (SSSR count). The fraction of sp³-hybridized carbons (Fsp3) is 0.556. The van der Waals surface area contributed by atoms with Crippen LogP contribution in [0.5, 0.6) is 0 Å². The molecule has 0 amide bonds. The number of rotatable bonds is 3. The Kier molecular flexibility index (Phi) is 4.37. The number of hydrogen-bond acceptors (Lipinski definition) is 2. The Morgan fingerprint density at radius 1 is 1.57 bits per heavy atom. The van der Waals surface area contributed by atoms with Crippen molar-refractivity contribution in [2.75, 3.05) is 0 Å². The molecule has 0 saturated carbocycles. The lowest BCUT2D eigenvalue weighted by Gasteiger charge is -2.07. The molecule has 1 N–H and O–H groups in total. The van der Waals surface area contributed by atoms with Gasteiger partial charge in [0.25, 0.3) is 5.56 Å². The number of nitrogens with one attached hydrogen (secondary N) is 1. The zero-order chi connectivity index (χ0) is 10.7. The normalized spacial score (nSPS) is 10.9. The molecule has 1 aromatic heterocycles. The molecule has 0 unspecified atom stereocenters. The smallest absolute Gasteiger partial charge is 0.264 e. The second kappa shape index (κ2) is 5.11. The quantitative estimate of drug-likeness (QED) is 0.684. The first-order valence-electron chi connectivity index (χ1n) is 4.38. The van der Waals surface area contributed by atoms with E-state index in [0.717, 1.165) is 12.1 Å². The van der Waals surface area contributed by atoms with Crippen LogP contribution in [-0.2, 0) is 12.3 Å². The molecule has 0 aliphatic rings. The zero-order valence-electron chi connectivity index (χ0n) is 8.10. The van der Waals surface area contributed by atoms with Crippen LogP contribution < -0.4 is 5.56 Å². The average molecular weight is 327 g/mol. The van der Waals surface area contributed by atoms with E-state index in [9.17, 15) is 4.79 Å². The Morgan fingerprint density at radius 3 is 2.71 bits per heavy atom. The van der Waals surface area contributed by atoms with Crippen molar-refractivity contribution in [1.82, 2.24) is 9.97 Å². The van der Waals surface area contributed by atoms with E-state index < -0.39 is 0 Å². The van der Waals surface area contributed by atoms with Gasteiger partial charge in [-0.2, -0.15) is 0 Å². The van der Waals surface area contributed by atoms with Gasteiger partial charge in [-0.05, 0) is 34.9 Å². The van der Waals surface area contributed by atoms with E-state index in [1.807, 2.05) is 22.6 Å².